The second-order valence-corrected chi connectivity index (χ2v) is 7.44. The number of nitrogens with one attached hydrogen (secondary N) is 1. The van der Waals surface area contributed by atoms with E-state index in [2.05, 4.69) is 75.2 Å². The fraction of sp³-hybridized carbons (Fsp3) is 0.667. The molecule has 3 unspecified atom stereocenters. The highest BCUT2D eigenvalue weighted by molar-refractivity contribution is 5.20. The first kappa shape index (κ1) is 15.5. The Morgan fingerprint density at radius 3 is 2.50 bits per heavy atom. The lowest BCUT2D eigenvalue weighted by Gasteiger charge is -2.42. The lowest BCUT2D eigenvalue weighted by molar-refractivity contribution is 0.0912. The molecule has 20 heavy (non-hydrogen) atoms. The van der Waals surface area contributed by atoms with Gasteiger partial charge in [0.2, 0.25) is 0 Å². The van der Waals surface area contributed by atoms with Crippen LogP contribution in [0.5, 0.6) is 0 Å². The summed E-state index contributed by atoms with van der Waals surface area (Å²) in [5.41, 5.74) is 1.79. The zero-order valence-electron chi connectivity index (χ0n) is 13.7. The zero-order chi connectivity index (χ0) is 14.8. The van der Waals surface area contributed by atoms with Crippen LogP contribution in [0.3, 0.4) is 0 Å². The largest absolute Gasteiger partial charge is 0.307 e. The van der Waals surface area contributed by atoms with Crippen molar-refractivity contribution in [3.63, 3.8) is 0 Å². The van der Waals surface area contributed by atoms with Crippen molar-refractivity contribution in [3.8, 4) is 0 Å². The van der Waals surface area contributed by atoms with Crippen LogP contribution in [0.25, 0.3) is 0 Å². The minimum Gasteiger partial charge on any atom is -0.307 e. The van der Waals surface area contributed by atoms with Crippen molar-refractivity contribution in [2.75, 3.05) is 19.6 Å². The Morgan fingerprint density at radius 2 is 1.90 bits per heavy atom. The van der Waals surface area contributed by atoms with Gasteiger partial charge in [0.25, 0.3) is 0 Å². The predicted octanol–water partition coefficient (Wildman–Crippen LogP) is 3.70. The number of hydrogen-bond donors (Lipinski definition) is 1. The fourth-order valence-electron chi connectivity index (χ4n) is 2.71. The summed E-state index contributed by atoms with van der Waals surface area (Å²) in [5.74, 6) is 0.708. The second kappa shape index (κ2) is 6.28. The highest BCUT2D eigenvalue weighted by atomic mass is 15.2. The van der Waals surface area contributed by atoms with Gasteiger partial charge in [0, 0.05) is 31.7 Å². The molecule has 1 N–H and O–H groups in total. The van der Waals surface area contributed by atoms with Crippen LogP contribution in [0.1, 0.15) is 46.2 Å². The summed E-state index contributed by atoms with van der Waals surface area (Å²) in [6.45, 7) is 15.1. The first-order chi connectivity index (χ1) is 9.38. The molecule has 1 aliphatic rings. The molecule has 0 radical (unpaired) electrons. The third-order valence-corrected chi connectivity index (χ3v) is 4.89. The van der Waals surface area contributed by atoms with Crippen LogP contribution in [-0.4, -0.2) is 30.6 Å². The highest BCUT2D eigenvalue weighted by Gasteiger charge is 2.29. The standard InChI is InChI=1S/C18H30N2/c1-14(18(3,4)5)12-20-13-17(19-11-15(20)2)16-9-7-6-8-10-16/h6-10,14-15,17,19H,11-13H2,1-5H3. The van der Waals surface area contributed by atoms with Crippen molar-refractivity contribution in [1.82, 2.24) is 10.2 Å². The number of hydrogen-bond acceptors (Lipinski definition) is 2. The molecule has 1 fully saturated rings. The summed E-state index contributed by atoms with van der Waals surface area (Å²) in [4.78, 5) is 2.66. The maximum atomic E-state index is 3.69. The van der Waals surface area contributed by atoms with E-state index >= 15 is 0 Å². The number of piperazine rings is 1. The van der Waals surface area contributed by atoms with E-state index in [0.29, 0.717) is 23.4 Å². The van der Waals surface area contributed by atoms with E-state index < -0.39 is 0 Å². The first-order valence-electron chi connectivity index (χ1n) is 7.90. The minimum atomic E-state index is 0.382. The van der Waals surface area contributed by atoms with E-state index in [-0.39, 0.29) is 0 Å². The molecule has 1 saturated heterocycles. The molecule has 0 aromatic heterocycles. The summed E-state index contributed by atoms with van der Waals surface area (Å²) in [7, 11) is 0. The SMILES string of the molecule is CC1CNC(c2ccccc2)CN1CC(C)C(C)(C)C. The molecule has 0 aliphatic carbocycles. The quantitative estimate of drug-likeness (QED) is 0.904. The van der Waals surface area contributed by atoms with Crippen molar-refractivity contribution < 1.29 is 0 Å². The average molecular weight is 274 g/mol. The number of benzene rings is 1. The molecular formula is C18H30N2. The molecule has 1 aromatic carbocycles. The molecule has 0 saturated carbocycles. The third kappa shape index (κ3) is 3.83. The third-order valence-electron chi connectivity index (χ3n) is 4.89. The van der Waals surface area contributed by atoms with E-state index in [1.54, 1.807) is 0 Å². The fourth-order valence-corrected chi connectivity index (χ4v) is 2.71. The summed E-state index contributed by atoms with van der Waals surface area (Å²) in [6, 6.07) is 11.9. The molecule has 1 heterocycles. The molecule has 3 atom stereocenters. The Kier molecular flexibility index (Phi) is 4.87. The summed E-state index contributed by atoms with van der Waals surface area (Å²) < 4.78 is 0. The van der Waals surface area contributed by atoms with Gasteiger partial charge in [-0.3, -0.25) is 4.90 Å². The molecule has 2 nitrogen and oxygen atoms in total. The van der Waals surface area contributed by atoms with Crippen molar-refractivity contribution in [3.05, 3.63) is 35.9 Å². The van der Waals surface area contributed by atoms with Gasteiger partial charge in [0.05, 0.1) is 0 Å². The van der Waals surface area contributed by atoms with Crippen molar-refractivity contribution in [2.45, 2.75) is 46.7 Å². The molecule has 0 amide bonds. The summed E-state index contributed by atoms with van der Waals surface area (Å²) in [6.07, 6.45) is 0. The summed E-state index contributed by atoms with van der Waals surface area (Å²) in [5, 5.41) is 3.69. The second-order valence-electron chi connectivity index (χ2n) is 7.44. The van der Waals surface area contributed by atoms with E-state index in [0.717, 1.165) is 13.1 Å². The van der Waals surface area contributed by atoms with Crippen LogP contribution in [0.2, 0.25) is 0 Å². The lowest BCUT2D eigenvalue weighted by atomic mass is 9.81. The van der Waals surface area contributed by atoms with Gasteiger partial charge in [-0.1, -0.05) is 58.0 Å². The molecule has 112 valence electrons. The maximum absolute atomic E-state index is 3.69. The number of rotatable bonds is 3. The van der Waals surface area contributed by atoms with E-state index in [1.165, 1.54) is 12.1 Å². The van der Waals surface area contributed by atoms with Gasteiger partial charge < -0.3 is 5.32 Å². The van der Waals surface area contributed by atoms with Crippen molar-refractivity contribution >= 4 is 0 Å². The van der Waals surface area contributed by atoms with E-state index in [4.69, 9.17) is 0 Å². The van der Waals surface area contributed by atoms with Gasteiger partial charge >= 0.3 is 0 Å². The molecule has 1 aromatic rings. The van der Waals surface area contributed by atoms with Gasteiger partial charge in [-0.15, -0.1) is 0 Å². The van der Waals surface area contributed by atoms with Crippen LogP contribution in [0, 0.1) is 11.3 Å². The van der Waals surface area contributed by atoms with Gasteiger partial charge in [-0.2, -0.15) is 0 Å². The highest BCUT2D eigenvalue weighted by Crippen LogP contribution is 2.28. The molecule has 0 spiro atoms. The van der Waals surface area contributed by atoms with Crippen LogP contribution >= 0.6 is 0 Å². The number of nitrogens with zero attached hydrogens (tertiary/aromatic N) is 1. The average Bonchev–Trinajstić information content (AvgIpc) is 2.41. The van der Waals surface area contributed by atoms with E-state index in [1.807, 2.05) is 0 Å². The Morgan fingerprint density at radius 1 is 1.25 bits per heavy atom. The van der Waals surface area contributed by atoms with Crippen LogP contribution < -0.4 is 5.32 Å². The maximum Gasteiger partial charge on any atom is 0.0449 e. The first-order valence-corrected chi connectivity index (χ1v) is 7.90. The lowest BCUT2D eigenvalue weighted by Crippen LogP contribution is -2.53. The topological polar surface area (TPSA) is 15.3 Å². The van der Waals surface area contributed by atoms with Crippen LogP contribution in [0.15, 0.2) is 30.3 Å². The molecular weight excluding hydrogens is 244 g/mol. The smallest absolute Gasteiger partial charge is 0.0449 e. The van der Waals surface area contributed by atoms with Crippen LogP contribution in [-0.2, 0) is 0 Å². The normalized spacial score (nSPS) is 26.4. The predicted molar refractivity (Wildman–Crippen MR) is 86.8 cm³/mol. The zero-order valence-corrected chi connectivity index (χ0v) is 13.7. The van der Waals surface area contributed by atoms with Gasteiger partial charge in [0.15, 0.2) is 0 Å². The van der Waals surface area contributed by atoms with Crippen LogP contribution in [0.4, 0.5) is 0 Å². The Labute approximate surface area is 124 Å². The van der Waals surface area contributed by atoms with Crippen molar-refractivity contribution in [1.29, 1.82) is 0 Å². The molecule has 0 bridgehead atoms. The van der Waals surface area contributed by atoms with E-state index in [9.17, 15) is 0 Å². The Bertz CT molecular complexity index is 407. The monoisotopic (exact) mass is 274 g/mol. The molecule has 2 heteroatoms. The van der Waals surface area contributed by atoms with Gasteiger partial charge in [-0.25, -0.2) is 0 Å². The van der Waals surface area contributed by atoms with Gasteiger partial charge in [-0.05, 0) is 23.8 Å². The summed E-state index contributed by atoms with van der Waals surface area (Å²) >= 11 is 0. The molecule has 1 aliphatic heterocycles. The van der Waals surface area contributed by atoms with Crippen molar-refractivity contribution in [2.24, 2.45) is 11.3 Å². The molecule has 2 rings (SSSR count). The Hall–Kier alpha value is -0.860. The van der Waals surface area contributed by atoms with Gasteiger partial charge in [0.1, 0.15) is 0 Å². The minimum absolute atomic E-state index is 0.382. The Balaban J connectivity index is 2.02.